The van der Waals surface area contributed by atoms with Gasteiger partial charge in [0.1, 0.15) is 11.6 Å². The lowest BCUT2D eigenvalue weighted by atomic mass is 9.48. The van der Waals surface area contributed by atoms with Crippen LogP contribution in [0, 0.1) is 46.8 Å². The quantitative estimate of drug-likeness (QED) is 0.670. The minimum Gasteiger partial charge on any atom is -0.481 e. The summed E-state index contributed by atoms with van der Waals surface area (Å²) in [6, 6.07) is 0.493. The third kappa shape index (κ3) is 4.00. The van der Waals surface area contributed by atoms with Gasteiger partial charge in [0.2, 0.25) is 0 Å². The van der Waals surface area contributed by atoms with E-state index in [9.17, 15) is 14.4 Å². The first kappa shape index (κ1) is 22.9. The van der Waals surface area contributed by atoms with Gasteiger partial charge < -0.3 is 10.4 Å². The summed E-state index contributed by atoms with van der Waals surface area (Å²) in [6.07, 6.45) is 9.83. The first-order valence-electron chi connectivity index (χ1n) is 12.7. The van der Waals surface area contributed by atoms with Crippen LogP contribution in [0.25, 0.3) is 0 Å². The number of fused-ring (bicyclic) bond motifs is 5. The summed E-state index contributed by atoms with van der Waals surface area (Å²) in [5.41, 5.74) is -0.448. The largest absolute Gasteiger partial charge is 0.481 e. The average Bonchev–Trinajstić information content (AvgIpc) is 3.06. The van der Waals surface area contributed by atoms with Gasteiger partial charge in [-0.2, -0.15) is 0 Å². The highest BCUT2D eigenvalue weighted by molar-refractivity contribution is 5.92. The fourth-order valence-corrected chi connectivity index (χ4v) is 8.49. The minimum absolute atomic E-state index is 0.0492. The Kier molecular flexibility index (Phi) is 6.63. The molecule has 5 heteroatoms. The Morgan fingerprint density at radius 3 is 2.58 bits per heavy atom. The lowest BCUT2D eigenvalue weighted by Crippen LogP contribution is -2.56. The number of Topliss-reactive ketones (excluding diaryl/α,β-unsaturated/α-hetero) is 2. The smallest absolute Gasteiger partial charge is 0.303 e. The molecule has 4 saturated carbocycles. The van der Waals surface area contributed by atoms with Crippen molar-refractivity contribution in [2.24, 2.45) is 46.8 Å². The molecule has 0 aromatic rings. The van der Waals surface area contributed by atoms with Crippen LogP contribution in [0.5, 0.6) is 0 Å². The number of carbonyl (C=O) groups is 3. The van der Waals surface area contributed by atoms with Crippen LogP contribution in [0.4, 0.5) is 0 Å². The first-order chi connectivity index (χ1) is 14.8. The predicted octanol–water partition coefficient (Wildman–Crippen LogP) is 4.48. The summed E-state index contributed by atoms with van der Waals surface area (Å²) >= 11 is 0. The SMILES string of the molecule is CNC1CCCC[C@@H]2[C@H](CC(=O)[C@@H]3[C@@H]2CC(=O)[C@]2(C)[C@@H]([C@H](C)CCC(=O)O)CC[C@@H]32)C1. The Hall–Kier alpha value is -1.23. The van der Waals surface area contributed by atoms with Crippen LogP contribution in [0.2, 0.25) is 0 Å². The van der Waals surface area contributed by atoms with E-state index in [0.717, 1.165) is 19.3 Å². The molecule has 9 atom stereocenters. The summed E-state index contributed by atoms with van der Waals surface area (Å²) in [4.78, 5) is 38.4. The molecule has 4 aliphatic carbocycles. The molecule has 0 spiro atoms. The number of carboxylic acids is 1. The van der Waals surface area contributed by atoms with Gasteiger partial charge in [-0.1, -0.05) is 26.7 Å². The van der Waals surface area contributed by atoms with Crippen molar-refractivity contribution in [2.45, 2.75) is 90.5 Å². The van der Waals surface area contributed by atoms with Crippen LogP contribution >= 0.6 is 0 Å². The highest BCUT2D eigenvalue weighted by atomic mass is 16.4. The van der Waals surface area contributed by atoms with Gasteiger partial charge in [-0.15, -0.1) is 0 Å². The molecule has 5 nitrogen and oxygen atoms in total. The zero-order valence-corrected chi connectivity index (χ0v) is 19.6. The van der Waals surface area contributed by atoms with Crippen molar-refractivity contribution in [1.29, 1.82) is 0 Å². The number of aliphatic carboxylic acids is 1. The monoisotopic (exact) mass is 431 g/mol. The van der Waals surface area contributed by atoms with E-state index in [0.29, 0.717) is 48.7 Å². The average molecular weight is 432 g/mol. The number of hydrogen-bond acceptors (Lipinski definition) is 4. The van der Waals surface area contributed by atoms with Crippen LogP contribution in [0.3, 0.4) is 0 Å². The first-order valence-corrected chi connectivity index (χ1v) is 12.7. The van der Waals surface area contributed by atoms with Gasteiger partial charge in [0, 0.05) is 36.6 Å². The van der Waals surface area contributed by atoms with Gasteiger partial charge in [0.05, 0.1) is 0 Å². The molecule has 0 aliphatic heterocycles. The van der Waals surface area contributed by atoms with E-state index >= 15 is 0 Å². The topological polar surface area (TPSA) is 83.5 Å². The molecule has 0 saturated heterocycles. The number of ketones is 2. The zero-order chi connectivity index (χ0) is 22.3. The molecule has 0 aromatic carbocycles. The van der Waals surface area contributed by atoms with Gasteiger partial charge >= 0.3 is 5.97 Å². The second kappa shape index (κ2) is 8.96. The van der Waals surface area contributed by atoms with E-state index < -0.39 is 11.4 Å². The van der Waals surface area contributed by atoms with Crippen molar-refractivity contribution in [3.8, 4) is 0 Å². The molecule has 1 unspecified atom stereocenters. The molecule has 0 radical (unpaired) electrons. The Labute approximate surface area is 187 Å². The van der Waals surface area contributed by atoms with Gasteiger partial charge in [-0.05, 0) is 81.1 Å². The standard InChI is InChI=1S/C26H41NO4/c1-15(8-11-24(30)31)20-9-10-21-25-19(14-23(29)26(20,21)2)18-7-5-4-6-17(27-3)12-16(18)13-22(25)28/h15-21,25,27H,4-14H2,1-3H3,(H,30,31)/t15-,16+,17?,18-,19-,20-,21+,25-,26-/m1/s1. The van der Waals surface area contributed by atoms with Crippen molar-refractivity contribution < 1.29 is 19.5 Å². The second-order valence-electron chi connectivity index (χ2n) is 11.4. The Bertz CT molecular complexity index is 720. The van der Waals surface area contributed by atoms with Gasteiger partial charge in [-0.3, -0.25) is 14.4 Å². The fraction of sp³-hybridized carbons (Fsp3) is 0.885. The summed E-state index contributed by atoms with van der Waals surface area (Å²) in [5.74, 6) is 1.82. The van der Waals surface area contributed by atoms with E-state index in [1.54, 1.807) is 0 Å². The van der Waals surface area contributed by atoms with E-state index in [2.05, 4.69) is 19.2 Å². The highest BCUT2D eigenvalue weighted by Gasteiger charge is 2.63. The Balaban J connectivity index is 1.58. The van der Waals surface area contributed by atoms with E-state index in [4.69, 9.17) is 5.11 Å². The molecule has 4 aliphatic rings. The van der Waals surface area contributed by atoms with Crippen LogP contribution in [-0.2, 0) is 14.4 Å². The maximum atomic E-state index is 13.7. The van der Waals surface area contributed by atoms with Crippen molar-refractivity contribution in [1.82, 2.24) is 5.32 Å². The molecule has 0 amide bonds. The van der Waals surface area contributed by atoms with Gasteiger partial charge in [0.25, 0.3) is 0 Å². The summed E-state index contributed by atoms with van der Waals surface area (Å²) in [7, 11) is 2.04. The zero-order valence-electron chi connectivity index (χ0n) is 19.6. The van der Waals surface area contributed by atoms with Crippen LogP contribution in [0.15, 0.2) is 0 Å². The van der Waals surface area contributed by atoms with E-state index in [1.807, 2.05) is 7.05 Å². The molecule has 2 N–H and O–H groups in total. The molecule has 0 bridgehead atoms. The molecule has 174 valence electrons. The molecule has 4 fully saturated rings. The third-order valence-electron chi connectivity index (χ3n) is 10.1. The number of carboxylic acid groups (broad SMARTS) is 1. The Morgan fingerprint density at radius 2 is 1.87 bits per heavy atom. The summed E-state index contributed by atoms with van der Waals surface area (Å²) in [6.45, 7) is 4.24. The fourth-order valence-electron chi connectivity index (χ4n) is 8.49. The molecular weight excluding hydrogens is 390 g/mol. The number of nitrogens with one attached hydrogen (secondary N) is 1. The maximum Gasteiger partial charge on any atom is 0.303 e. The highest BCUT2D eigenvalue weighted by Crippen LogP contribution is 2.63. The lowest BCUT2D eigenvalue weighted by Gasteiger charge is -2.54. The van der Waals surface area contributed by atoms with Crippen LogP contribution in [-0.4, -0.2) is 35.7 Å². The third-order valence-corrected chi connectivity index (χ3v) is 10.1. The maximum absolute atomic E-state index is 13.7. The molecule has 4 rings (SSSR count). The Morgan fingerprint density at radius 1 is 1.13 bits per heavy atom. The van der Waals surface area contributed by atoms with Gasteiger partial charge in [-0.25, -0.2) is 0 Å². The minimum atomic E-state index is -0.765. The summed E-state index contributed by atoms with van der Waals surface area (Å²) < 4.78 is 0. The van der Waals surface area contributed by atoms with Crippen molar-refractivity contribution >= 4 is 17.5 Å². The van der Waals surface area contributed by atoms with Crippen molar-refractivity contribution in [3.63, 3.8) is 0 Å². The van der Waals surface area contributed by atoms with Crippen molar-refractivity contribution in [2.75, 3.05) is 7.05 Å². The predicted molar refractivity (Wildman–Crippen MR) is 119 cm³/mol. The van der Waals surface area contributed by atoms with E-state index in [-0.39, 0.29) is 36.0 Å². The second-order valence-corrected chi connectivity index (χ2v) is 11.4. The van der Waals surface area contributed by atoms with E-state index in [1.165, 1.54) is 25.7 Å². The number of carbonyl (C=O) groups excluding carboxylic acids is 2. The number of hydrogen-bond donors (Lipinski definition) is 2. The van der Waals surface area contributed by atoms with Gasteiger partial charge in [0.15, 0.2) is 0 Å². The molecule has 0 aromatic heterocycles. The molecular formula is C26H41NO4. The number of rotatable bonds is 5. The van der Waals surface area contributed by atoms with Crippen molar-refractivity contribution in [3.05, 3.63) is 0 Å². The summed E-state index contributed by atoms with van der Waals surface area (Å²) in [5, 5.41) is 12.6. The van der Waals surface area contributed by atoms with Crippen LogP contribution < -0.4 is 5.32 Å². The van der Waals surface area contributed by atoms with Crippen LogP contribution in [0.1, 0.15) is 84.5 Å². The lowest BCUT2D eigenvalue weighted by molar-refractivity contribution is -0.156. The molecule has 0 heterocycles. The normalized spacial score (nSPS) is 43.9. The molecule has 31 heavy (non-hydrogen) atoms.